The molecule has 0 fully saturated rings. The van der Waals surface area contributed by atoms with Crippen LogP contribution in [0.15, 0.2) is 84.9 Å². The normalized spacial score (nSPS) is 15.0. The third-order valence-corrected chi connectivity index (χ3v) is 3.99. The number of para-hydroxylation sites is 2. The minimum absolute atomic E-state index is 0.0150. The molecule has 0 aliphatic carbocycles. The van der Waals surface area contributed by atoms with Gasteiger partial charge in [-0.05, 0) is 29.8 Å². The summed E-state index contributed by atoms with van der Waals surface area (Å²) in [7, 11) is 0. The van der Waals surface area contributed by atoms with Gasteiger partial charge in [0.25, 0.3) is 5.91 Å². The first kappa shape index (κ1) is 13.5. The molecule has 4 rings (SSSR count). The van der Waals surface area contributed by atoms with Gasteiger partial charge in [-0.15, -0.1) is 0 Å². The van der Waals surface area contributed by atoms with Crippen LogP contribution in [0.4, 0.5) is 11.4 Å². The van der Waals surface area contributed by atoms with Gasteiger partial charge in [-0.1, -0.05) is 66.7 Å². The van der Waals surface area contributed by atoms with Crippen LogP contribution in [0.25, 0.3) is 11.6 Å². The Morgan fingerprint density at radius 1 is 0.696 bits per heavy atom. The standard InChI is InChI=1S/C21H15NO/c23-21-19(15-16-9-3-1-4-10-16)18-13-7-8-14-20(18)22(21)17-11-5-2-6-12-17/h1-15H/b19-15-. The average Bonchev–Trinajstić information content (AvgIpc) is 2.89. The van der Waals surface area contributed by atoms with Crippen LogP contribution in [0, 0.1) is 0 Å². The summed E-state index contributed by atoms with van der Waals surface area (Å²) < 4.78 is 0. The van der Waals surface area contributed by atoms with E-state index in [1.807, 2.05) is 91.0 Å². The molecule has 0 saturated carbocycles. The smallest absolute Gasteiger partial charge is 0.263 e. The highest BCUT2D eigenvalue weighted by Gasteiger charge is 2.32. The number of amides is 1. The van der Waals surface area contributed by atoms with Gasteiger partial charge in [0, 0.05) is 11.3 Å². The summed E-state index contributed by atoms with van der Waals surface area (Å²) in [4.78, 5) is 14.8. The molecule has 23 heavy (non-hydrogen) atoms. The molecule has 0 unspecified atom stereocenters. The van der Waals surface area contributed by atoms with Gasteiger partial charge in [-0.2, -0.15) is 0 Å². The Labute approximate surface area is 135 Å². The molecular formula is C21H15NO. The molecule has 1 aliphatic rings. The van der Waals surface area contributed by atoms with Crippen molar-refractivity contribution in [1.82, 2.24) is 0 Å². The number of carbonyl (C=O) groups is 1. The van der Waals surface area contributed by atoms with Gasteiger partial charge in [-0.3, -0.25) is 9.69 Å². The number of hydrogen-bond donors (Lipinski definition) is 0. The van der Waals surface area contributed by atoms with Crippen LogP contribution < -0.4 is 4.90 Å². The molecule has 0 bridgehead atoms. The van der Waals surface area contributed by atoms with Crippen molar-refractivity contribution < 1.29 is 4.79 Å². The van der Waals surface area contributed by atoms with Crippen molar-refractivity contribution in [3.05, 3.63) is 96.1 Å². The summed E-state index contributed by atoms with van der Waals surface area (Å²) in [6, 6.07) is 27.7. The minimum Gasteiger partial charge on any atom is -0.276 e. The van der Waals surface area contributed by atoms with Crippen molar-refractivity contribution in [3.63, 3.8) is 0 Å². The van der Waals surface area contributed by atoms with Crippen molar-refractivity contribution in [2.75, 3.05) is 4.90 Å². The van der Waals surface area contributed by atoms with Crippen molar-refractivity contribution in [3.8, 4) is 0 Å². The lowest BCUT2D eigenvalue weighted by Crippen LogP contribution is -2.20. The molecule has 3 aromatic carbocycles. The zero-order valence-corrected chi connectivity index (χ0v) is 12.5. The molecular weight excluding hydrogens is 282 g/mol. The lowest BCUT2D eigenvalue weighted by molar-refractivity contribution is -0.112. The first-order chi connectivity index (χ1) is 11.3. The summed E-state index contributed by atoms with van der Waals surface area (Å²) in [5.74, 6) is 0.0150. The van der Waals surface area contributed by atoms with E-state index in [1.54, 1.807) is 4.90 Å². The van der Waals surface area contributed by atoms with E-state index in [2.05, 4.69) is 0 Å². The molecule has 110 valence electrons. The highest BCUT2D eigenvalue weighted by Crippen LogP contribution is 2.41. The Kier molecular flexibility index (Phi) is 3.28. The molecule has 3 aromatic rings. The summed E-state index contributed by atoms with van der Waals surface area (Å²) in [6.07, 6.45) is 1.96. The second kappa shape index (κ2) is 5.58. The monoisotopic (exact) mass is 297 g/mol. The second-order valence-electron chi connectivity index (χ2n) is 5.46. The molecule has 0 N–H and O–H groups in total. The molecule has 0 radical (unpaired) electrons. The van der Waals surface area contributed by atoms with E-state index in [1.165, 1.54) is 0 Å². The lowest BCUT2D eigenvalue weighted by atomic mass is 10.0. The molecule has 2 nitrogen and oxygen atoms in total. The number of fused-ring (bicyclic) bond motifs is 1. The van der Waals surface area contributed by atoms with Crippen molar-refractivity contribution in [2.24, 2.45) is 0 Å². The van der Waals surface area contributed by atoms with E-state index in [-0.39, 0.29) is 5.91 Å². The van der Waals surface area contributed by atoms with Gasteiger partial charge in [0.2, 0.25) is 0 Å². The SMILES string of the molecule is O=C1/C(=C\c2ccccc2)c2ccccc2N1c1ccccc1. The molecule has 0 atom stereocenters. The second-order valence-corrected chi connectivity index (χ2v) is 5.46. The number of anilines is 2. The van der Waals surface area contributed by atoms with Gasteiger partial charge in [0.05, 0.1) is 11.3 Å². The van der Waals surface area contributed by atoms with Crippen molar-refractivity contribution >= 4 is 28.9 Å². The zero-order chi connectivity index (χ0) is 15.6. The van der Waals surface area contributed by atoms with E-state index in [9.17, 15) is 4.79 Å². The Balaban J connectivity index is 1.87. The average molecular weight is 297 g/mol. The first-order valence-corrected chi connectivity index (χ1v) is 7.60. The molecule has 0 spiro atoms. The van der Waals surface area contributed by atoms with Crippen molar-refractivity contribution in [1.29, 1.82) is 0 Å². The van der Waals surface area contributed by atoms with Crippen LogP contribution in [0.1, 0.15) is 11.1 Å². The van der Waals surface area contributed by atoms with E-state index in [4.69, 9.17) is 0 Å². The minimum atomic E-state index is 0.0150. The first-order valence-electron chi connectivity index (χ1n) is 7.60. The van der Waals surface area contributed by atoms with Gasteiger partial charge >= 0.3 is 0 Å². The number of benzene rings is 3. The number of rotatable bonds is 2. The Hall–Kier alpha value is -3.13. The maximum absolute atomic E-state index is 13.0. The van der Waals surface area contributed by atoms with Crippen LogP contribution in [0.5, 0.6) is 0 Å². The van der Waals surface area contributed by atoms with Gasteiger partial charge < -0.3 is 0 Å². The van der Waals surface area contributed by atoms with Crippen LogP contribution in [0.3, 0.4) is 0 Å². The van der Waals surface area contributed by atoms with Gasteiger partial charge in [0.1, 0.15) is 0 Å². The number of nitrogens with zero attached hydrogens (tertiary/aromatic N) is 1. The maximum atomic E-state index is 13.0. The van der Waals surface area contributed by atoms with Crippen LogP contribution in [0.2, 0.25) is 0 Å². The maximum Gasteiger partial charge on any atom is 0.263 e. The zero-order valence-electron chi connectivity index (χ0n) is 12.5. The molecule has 1 aliphatic heterocycles. The Bertz CT molecular complexity index is 882. The quantitative estimate of drug-likeness (QED) is 0.616. The fraction of sp³-hybridized carbons (Fsp3) is 0. The summed E-state index contributed by atoms with van der Waals surface area (Å²) >= 11 is 0. The highest BCUT2D eigenvalue weighted by molar-refractivity contribution is 6.37. The Morgan fingerprint density at radius 2 is 1.30 bits per heavy atom. The lowest BCUT2D eigenvalue weighted by Gasteiger charge is -2.16. The predicted molar refractivity (Wildman–Crippen MR) is 94.3 cm³/mol. The summed E-state index contributed by atoms with van der Waals surface area (Å²) in [5.41, 5.74) is 4.56. The van der Waals surface area contributed by atoms with Crippen LogP contribution in [-0.4, -0.2) is 5.91 Å². The van der Waals surface area contributed by atoms with E-state index in [0.29, 0.717) is 0 Å². The largest absolute Gasteiger partial charge is 0.276 e. The Morgan fingerprint density at radius 3 is 2.04 bits per heavy atom. The fourth-order valence-corrected chi connectivity index (χ4v) is 2.93. The van der Waals surface area contributed by atoms with E-state index < -0.39 is 0 Å². The third kappa shape index (κ3) is 2.34. The van der Waals surface area contributed by atoms with Crippen LogP contribution >= 0.6 is 0 Å². The van der Waals surface area contributed by atoms with E-state index in [0.717, 1.165) is 28.1 Å². The topological polar surface area (TPSA) is 20.3 Å². The number of hydrogen-bond acceptors (Lipinski definition) is 1. The van der Waals surface area contributed by atoms with Crippen LogP contribution in [-0.2, 0) is 4.79 Å². The molecule has 0 aromatic heterocycles. The van der Waals surface area contributed by atoms with Crippen molar-refractivity contribution in [2.45, 2.75) is 0 Å². The fourth-order valence-electron chi connectivity index (χ4n) is 2.93. The summed E-state index contributed by atoms with van der Waals surface area (Å²) in [6.45, 7) is 0. The highest BCUT2D eigenvalue weighted by atomic mass is 16.2. The predicted octanol–water partition coefficient (Wildman–Crippen LogP) is 4.91. The molecule has 1 heterocycles. The van der Waals surface area contributed by atoms with Gasteiger partial charge in [-0.25, -0.2) is 0 Å². The summed E-state index contributed by atoms with van der Waals surface area (Å²) in [5, 5.41) is 0. The number of carbonyl (C=O) groups excluding carboxylic acids is 1. The van der Waals surface area contributed by atoms with E-state index >= 15 is 0 Å². The molecule has 0 saturated heterocycles. The third-order valence-electron chi connectivity index (χ3n) is 3.99. The molecule has 2 heteroatoms. The van der Waals surface area contributed by atoms with Gasteiger partial charge in [0.15, 0.2) is 0 Å². The molecule has 1 amide bonds.